The first-order chi connectivity index (χ1) is 12.5. The molecule has 2 N–H and O–H groups in total. The second kappa shape index (κ2) is 9.51. The second-order valence-electron chi connectivity index (χ2n) is 6.71. The Morgan fingerprint density at radius 3 is 1.38 bits per heavy atom. The predicted octanol–water partition coefficient (Wildman–Crippen LogP) is 4.60. The van der Waals surface area contributed by atoms with Gasteiger partial charge in [0.2, 0.25) is 0 Å². The molecule has 5 nitrogen and oxygen atoms in total. The minimum absolute atomic E-state index is 0.490. The molecule has 26 heavy (non-hydrogen) atoms. The van der Waals surface area contributed by atoms with Crippen molar-refractivity contribution in [2.24, 2.45) is 10.2 Å². The van der Waals surface area contributed by atoms with Crippen molar-refractivity contribution in [1.82, 2.24) is 10.9 Å². The van der Waals surface area contributed by atoms with Crippen LogP contribution in [0.15, 0.2) is 58.7 Å². The van der Waals surface area contributed by atoms with E-state index in [0.29, 0.717) is 11.8 Å². The summed E-state index contributed by atoms with van der Waals surface area (Å²) in [6.45, 7) is 8.59. The van der Waals surface area contributed by atoms with E-state index in [1.807, 2.05) is 24.3 Å². The minimum Gasteiger partial charge on any atom is -0.245 e. The van der Waals surface area contributed by atoms with Crippen LogP contribution >= 0.6 is 0 Å². The second-order valence-corrected chi connectivity index (χ2v) is 6.71. The fraction of sp³-hybridized carbons (Fsp3) is 0.286. The molecule has 136 valence electrons. The van der Waals surface area contributed by atoms with Crippen LogP contribution in [0.1, 0.15) is 61.8 Å². The molecule has 0 heterocycles. The molecule has 0 saturated heterocycles. The number of hydrogen-bond acceptors (Lipinski definition) is 3. The molecule has 0 bridgehead atoms. The van der Waals surface area contributed by atoms with E-state index in [9.17, 15) is 4.79 Å². The van der Waals surface area contributed by atoms with Crippen molar-refractivity contribution in [1.29, 1.82) is 0 Å². The van der Waals surface area contributed by atoms with E-state index in [-0.39, 0.29) is 0 Å². The fourth-order valence-corrected chi connectivity index (χ4v) is 2.29. The van der Waals surface area contributed by atoms with Gasteiger partial charge in [0.15, 0.2) is 0 Å². The highest BCUT2D eigenvalue weighted by molar-refractivity contribution is 5.83. The molecular formula is C21H26N4O. The average molecular weight is 350 g/mol. The summed E-state index contributed by atoms with van der Waals surface area (Å²) in [4.78, 5) is 11.7. The highest BCUT2D eigenvalue weighted by Crippen LogP contribution is 2.14. The smallest absolute Gasteiger partial charge is 0.245 e. The molecule has 2 rings (SSSR count). The van der Waals surface area contributed by atoms with Gasteiger partial charge in [-0.2, -0.15) is 10.2 Å². The van der Waals surface area contributed by atoms with E-state index >= 15 is 0 Å². The van der Waals surface area contributed by atoms with Gasteiger partial charge in [-0.3, -0.25) is 0 Å². The average Bonchev–Trinajstić information content (AvgIpc) is 2.62. The van der Waals surface area contributed by atoms with Crippen LogP contribution in [0.2, 0.25) is 0 Å². The number of hydrogen-bond donors (Lipinski definition) is 2. The SMILES string of the molecule is CC(C)c1ccc(/C=N/NC(=O)N/N=C/c2ccc(C(C)C)cc2)cc1. The molecule has 0 aliphatic carbocycles. The molecule has 0 radical (unpaired) electrons. The standard InChI is InChI=1S/C21H26N4O/c1-15(2)19-9-5-17(6-10-19)13-22-24-21(26)25-23-14-18-7-11-20(12-8-18)16(3)4/h5-16H,1-4H3,(H2,24,25,26)/b22-13+,23-14+. The molecule has 0 unspecified atom stereocenters. The van der Waals surface area contributed by atoms with Crippen LogP contribution in [-0.2, 0) is 0 Å². The summed E-state index contributed by atoms with van der Waals surface area (Å²) < 4.78 is 0. The maximum atomic E-state index is 11.7. The van der Waals surface area contributed by atoms with E-state index in [0.717, 1.165) is 11.1 Å². The molecule has 0 aliphatic rings. The molecule has 2 aromatic rings. The van der Waals surface area contributed by atoms with Crippen molar-refractivity contribution >= 4 is 18.5 Å². The maximum absolute atomic E-state index is 11.7. The number of carbonyl (C=O) groups excluding carboxylic acids is 1. The number of urea groups is 1. The molecule has 0 aromatic heterocycles. The lowest BCUT2D eigenvalue weighted by Gasteiger charge is -2.04. The van der Waals surface area contributed by atoms with E-state index < -0.39 is 6.03 Å². The quantitative estimate of drug-likeness (QED) is 0.580. The fourth-order valence-electron chi connectivity index (χ4n) is 2.29. The van der Waals surface area contributed by atoms with Gasteiger partial charge in [-0.25, -0.2) is 15.6 Å². The Morgan fingerprint density at radius 2 is 1.08 bits per heavy atom. The topological polar surface area (TPSA) is 65.8 Å². The first-order valence-electron chi connectivity index (χ1n) is 8.77. The van der Waals surface area contributed by atoms with Gasteiger partial charge < -0.3 is 0 Å². The minimum atomic E-state index is -0.491. The van der Waals surface area contributed by atoms with Gasteiger partial charge in [0.1, 0.15) is 0 Å². The van der Waals surface area contributed by atoms with Gasteiger partial charge in [0, 0.05) is 0 Å². The van der Waals surface area contributed by atoms with Crippen LogP contribution in [0.3, 0.4) is 0 Å². The Morgan fingerprint density at radius 1 is 0.731 bits per heavy atom. The van der Waals surface area contributed by atoms with Gasteiger partial charge in [-0.15, -0.1) is 0 Å². The maximum Gasteiger partial charge on any atom is 0.355 e. The van der Waals surface area contributed by atoms with Gasteiger partial charge in [-0.1, -0.05) is 76.2 Å². The van der Waals surface area contributed by atoms with E-state index in [1.54, 1.807) is 12.4 Å². The Bertz CT molecular complexity index is 694. The van der Waals surface area contributed by atoms with Gasteiger partial charge in [-0.05, 0) is 34.1 Å². The summed E-state index contributed by atoms with van der Waals surface area (Å²) in [5, 5.41) is 7.82. The Kier molecular flexibility index (Phi) is 7.09. The number of rotatable bonds is 6. The van der Waals surface area contributed by atoms with Crippen LogP contribution in [0, 0.1) is 0 Å². The third kappa shape index (κ3) is 6.16. The summed E-state index contributed by atoms with van der Waals surface area (Å²) in [5.74, 6) is 0.980. The van der Waals surface area contributed by atoms with Crippen molar-refractivity contribution in [3.63, 3.8) is 0 Å². The lowest BCUT2D eigenvalue weighted by molar-refractivity contribution is 0.242. The number of hydrazone groups is 2. The number of carbonyl (C=O) groups is 1. The Hall–Kier alpha value is -2.95. The molecule has 0 fully saturated rings. The van der Waals surface area contributed by atoms with Gasteiger partial charge in [0.05, 0.1) is 12.4 Å². The van der Waals surface area contributed by atoms with Crippen LogP contribution in [0.4, 0.5) is 4.79 Å². The summed E-state index contributed by atoms with van der Waals surface area (Å²) >= 11 is 0. The van der Waals surface area contributed by atoms with E-state index in [4.69, 9.17) is 0 Å². The van der Waals surface area contributed by atoms with Crippen molar-refractivity contribution in [2.45, 2.75) is 39.5 Å². The normalized spacial score (nSPS) is 11.6. The Balaban J connectivity index is 1.79. The summed E-state index contributed by atoms with van der Waals surface area (Å²) in [7, 11) is 0. The van der Waals surface area contributed by atoms with Crippen LogP contribution in [0.25, 0.3) is 0 Å². The first-order valence-corrected chi connectivity index (χ1v) is 8.77. The number of benzene rings is 2. The van der Waals surface area contributed by atoms with E-state index in [2.05, 4.69) is 73.0 Å². The Labute approximate surface area is 155 Å². The van der Waals surface area contributed by atoms with Gasteiger partial charge in [0.25, 0.3) is 0 Å². The lowest BCUT2D eigenvalue weighted by atomic mass is 10.0. The third-order valence-corrected chi connectivity index (χ3v) is 3.97. The zero-order valence-electron chi connectivity index (χ0n) is 15.7. The van der Waals surface area contributed by atoms with Gasteiger partial charge >= 0.3 is 6.03 Å². The monoisotopic (exact) mass is 350 g/mol. The van der Waals surface area contributed by atoms with Crippen molar-refractivity contribution < 1.29 is 4.79 Å². The highest BCUT2D eigenvalue weighted by atomic mass is 16.2. The van der Waals surface area contributed by atoms with Crippen LogP contribution in [-0.4, -0.2) is 18.5 Å². The molecule has 5 heteroatoms. The molecular weight excluding hydrogens is 324 g/mol. The van der Waals surface area contributed by atoms with Crippen molar-refractivity contribution in [2.75, 3.05) is 0 Å². The molecule has 2 aromatic carbocycles. The summed E-state index contributed by atoms with van der Waals surface area (Å²) in [6, 6.07) is 15.6. The third-order valence-electron chi connectivity index (χ3n) is 3.97. The number of nitrogens with one attached hydrogen (secondary N) is 2. The van der Waals surface area contributed by atoms with Crippen molar-refractivity contribution in [3.05, 3.63) is 70.8 Å². The zero-order valence-corrected chi connectivity index (χ0v) is 15.7. The van der Waals surface area contributed by atoms with Crippen molar-refractivity contribution in [3.8, 4) is 0 Å². The molecule has 2 amide bonds. The number of nitrogens with zero attached hydrogens (tertiary/aromatic N) is 2. The summed E-state index contributed by atoms with van der Waals surface area (Å²) in [6.07, 6.45) is 3.19. The van der Waals surface area contributed by atoms with E-state index in [1.165, 1.54) is 11.1 Å². The van der Waals surface area contributed by atoms with Crippen LogP contribution in [0.5, 0.6) is 0 Å². The number of amides is 2. The predicted molar refractivity (Wildman–Crippen MR) is 108 cm³/mol. The zero-order chi connectivity index (χ0) is 18.9. The highest BCUT2D eigenvalue weighted by Gasteiger charge is 1.99. The molecule has 0 atom stereocenters. The molecule has 0 aliphatic heterocycles. The van der Waals surface area contributed by atoms with Crippen LogP contribution < -0.4 is 10.9 Å². The lowest BCUT2D eigenvalue weighted by Crippen LogP contribution is -2.28. The summed E-state index contributed by atoms with van der Waals surface area (Å²) in [5.41, 5.74) is 9.14. The largest absolute Gasteiger partial charge is 0.355 e. The molecule has 0 saturated carbocycles. The molecule has 0 spiro atoms. The first kappa shape index (κ1) is 19.4.